The van der Waals surface area contributed by atoms with Crippen molar-refractivity contribution < 1.29 is 10.2 Å². The molecule has 1 aliphatic rings. The lowest BCUT2D eigenvalue weighted by molar-refractivity contribution is -0.535. The molecule has 5 nitrogen and oxygen atoms in total. The minimum atomic E-state index is -1.14. The second kappa shape index (κ2) is 8.60. The van der Waals surface area contributed by atoms with Crippen molar-refractivity contribution >= 4 is 60.2 Å². The molecular formula is C34H29N3O2-2. The first-order valence-electron chi connectivity index (χ1n) is 13.3. The van der Waals surface area contributed by atoms with Gasteiger partial charge in [0.05, 0.1) is 5.69 Å². The van der Waals surface area contributed by atoms with Crippen LogP contribution >= 0.6 is 0 Å². The van der Waals surface area contributed by atoms with Crippen LogP contribution in [0.1, 0.15) is 23.0 Å². The van der Waals surface area contributed by atoms with Crippen LogP contribution < -0.4 is 26.6 Å². The molecule has 0 spiro atoms. The van der Waals surface area contributed by atoms with E-state index in [1.165, 1.54) is 0 Å². The van der Waals surface area contributed by atoms with Crippen molar-refractivity contribution in [1.82, 2.24) is 0 Å². The van der Waals surface area contributed by atoms with Crippen LogP contribution in [-0.2, 0) is 0 Å². The van der Waals surface area contributed by atoms with Gasteiger partial charge in [-0.15, -0.1) is 12.2 Å². The van der Waals surface area contributed by atoms with E-state index in [-0.39, 0.29) is 0 Å². The highest BCUT2D eigenvalue weighted by atomic mass is 16.3. The van der Waals surface area contributed by atoms with Gasteiger partial charge in [-0.2, -0.15) is 0 Å². The smallest absolute Gasteiger partial charge is 0.0521 e. The van der Waals surface area contributed by atoms with E-state index >= 15 is 0 Å². The topological polar surface area (TPSA) is 101 Å². The van der Waals surface area contributed by atoms with Gasteiger partial charge in [0, 0.05) is 47.0 Å². The number of nitrogens with two attached hydrogens (primary N) is 2. The molecule has 0 bridgehead atoms. The standard InChI is InChI=1S/C34H29N3O2/c1-37(2)32-22-13-6-5-12-21(22)29(27-23(32)14-8-16-25(27)36)31-33(38)30(34(31)39)28-20-11-4-3-9-18(20)17-19-10-7-15-24(35)26(19)28/h3-17,30-31,33-34H,35-36H2,1-2H3/q-2. The lowest BCUT2D eigenvalue weighted by Gasteiger charge is -2.62. The molecule has 1 saturated carbocycles. The van der Waals surface area contributed by atoms with E-state index in [4.69, 9.17) is 11.5 Å². The molecule has 194 valence electrons. The molecule has 7 rings (SSSR count). The first kappa shape index (κ1) is 23.8. The van der Waals surface area contributed by atoms with Crippen molar-refractivity contribution in [3.63, 3.8) is 0 Å². The number of rotatable bonds is 3. The minimum absolute atomic E-state index is 0.582. The Morgan fingerprint density at radius 1 is 0.564 bits per heavy atom. The van der Waals surface area contributed by atoms with Crippen molar-refractivity contribution in [2.45, 2.75) is 24.0 Å². The molecule has 2 atom stereocenters. The predicted molar refractivity (Wildman–Crippen MR) is 159 cm³/mol. The molecule has 39 heavy (non-hydrogen) atoms. The quantitative estimate of drug-likeness (QED) is 0.261. The fraction of sp³-hybridized carbons (Fsp3) is 0.176. The van der Waals surface area contributed by atoms with Gasteiger partial charge < -0.3 is 26.6 Å². The van der Waals surface area contributed by atoms with Gasteiger partial charge in [-0.1, -0.05) is 72.8 Å². The van der Waals surface area contributed by atoms with E-state index in [0.29, 0.717) is 11.4 Å². The van der Waals surface area contributed by atoms with Crippen LogP contribution in [0.15, 0.2) is 91.0 Å². The highest BCUT2D eigenvalue weighted by Gasteiger charge is 2.42. The Morgan fingerprint density at radius 3 is 1.77 bits per heavy atom. The summed E-state index contributed by atoms with van der Waals surface area (Å²) in [6.45, 7) is 0. The Kier molecular flexibility index (Phi) is 5.24. The number of nitrogens with zero attached hydrogens (tertiary/aromatic N) is 1. The molecule has 0 saturated heterocycles. The van der Waals surface area contributed by atoms with E-state index in [9.17, 15) is 10.2 Å². The summed E-state index contributed by atoms with van der Waals surface area (Å²) >= 11 is 0. The zero-order chi connectivity index (χ0) is 27.0. The van der Waals surface area contributed by atoms with Crippen LogP contribution in [-0.4, -0.2) is 26.3 Å². The fourth-order valence-corrected chi connectivity index (χ4v) is 6.97. The van der Waals surface area contributed by atoms with Gasteiger partial charge in [-0.3, -0.25) is 0 Å². The second-order valence-corrected chi connectivity index (χ2v) is 10.9. The summed E-state index contributed by atoms with van der Waals surface area (Å²) < 4.78 is 0. The summed E-state index contributed by atoms with van der Waals surface area (Å²) in [6.07, 6.45) is -2.28. The Balaban J connectivity index is 1.50. The average molecular weight is 512 g/mol. The Hall–Kier alpha value is -4.32. The van der Waals surface area contributed by atoms with Gasteiger partial charge in [0.15, 0.2) is 0 Å². The summed E-state index contributed by atoms with van der Waals surface area (Å²) in [5, 5.41) is 36.1. The molecule has 6 aromatic rings. The number of hydrogen-bond acceptors (Lipinski definition) is 5. The van der Waals surface area contributed by atoms with E-state index in [0.717, 1.165) is 59.9 Å². The third-order valence-corrected chi connectivity index (χ3v) is 8.58. The number of hydrogen-bond donors (Lipinski definition) is 2. The Morgan fingerprint density at radius 2 is 1.08 bits per heavy atom. The monoisotopic (exact) mass is 511 g/mol. The molecule has 6 aromatic carbocycles. The molecule has 5 heteroatoms. The number of benzene rings is 6. The number of nitrogen functional groups attached to an aromatic ring is 2. The first-order chi connectivity index (χ1) is 18.9. The Labute approximate surface area is 226 Å². The van der Waals surface area contributed by atoms with Crippen molar-refractivity contribution in [3.8, 4) is 0 Å². The van der Waals surface area contributed by atoms with Gasteiger partial charge in [0.25, 0.3) is 0 Å². The molecule has 4 N–H and O–H groups in total. The third kappa shape index (κ3) is 3.27. The van der Waals surface area contributed by atoms with E-state index in [2.05, 4.69) is 17.0 Å². The largest absolute Gasteiger partial charge is 0.851 e. The Bertz CT molecular complexity index is 1920. The number of fused-ring (bicyclic) bond motifs is 4. The van der Waals surface area contributed by atoms with E-state index in [1.807, 2.05) is 93.0 Å². The maximum Gasteiger partial charge on any atom is 0.0521 e. The predicted octanol–water partition coefficient (Wildman–Crippen LogP) is 4.87. The van der Waals surface area contributed by atoms with Crippen molar-refractivity contribution in [3.05, 3.63) is 102 Å². The van der Waals surface area contributed by atoms with Crippen LogP contribution in [0.25, 0.3) is 43.1 Å². The van der Waals surface area contributed by atoms with Crippen LogP contribution in [0.5, 0.6) is 0 Å². The highest BCUT2D eigenvalue weighted by molar-refractivity contribution is 6.17. The highest BCUT2D eigenvalue weighted by Crippen LogP contribution is 2.54. The lowest BCUT2D eigenvalue weighted by Crippen LogP contribution is -2.63. The van der Waals surface area contributed by atoms with Crippen LogP contribution in [0.2, 0.25) is 0 Å². The first-order valence-corrected chi connectivity index (χ1v) is 13.3. The van der Waals surface area contributed by atoms with Crippen molar-refractivity contribution in [2.24, 2.45) is 0 Å². The summed E-state index contributed by atoms with van der Waals surface area (Å²) in [5.74, 6) is -1.46. The van der Waals surface area contributed by atoms with Crippen molar-refractivity contribution in [1.29, 1.82) is 0 Å². The maximum atomic E-state index is 14.4. The summed E-state index contributed by atoms with van der Waals surface area (Å²) in [6, 6.07) is 29.7. The zero-order valence-electron chi connectivity index (χ0n) is 21.9. The molecule has 0 aliphatic heterocycles. The van der Waals surface area contributed by atoms with Crippen molar-refractivity contribution in [2.75, 3.05) is 30.5 Å². The molecule has 0 amide bonds. The summed E-state index contributed by atoms with van der Waals surface area (Å²) in [7, 11) is 4.01. The van der Waals surface area contributed by atoms with Crippen LogP contribution in [0, 0.1) is 0 Å². The fourth-order valence-electron chi connectivity index (χ4n) is 6.97. The second-order valence-electron chi connectivity index (χ2n) is 10.9. The molecule has 1 aliphatic carbocycles. The van der Waals surface area contributed by atoms with E-state index < -0.39 is 24.0 Å². The van der Waals surface area contributed by atoms with Gasteiger partial charge in [-0.05, 0) is 62.7 Å². The molecule has 2 unspecified atom stereocenters. The average Bonchev–Trinajstić information content (AvgIpc) is 2.92. The number of anilines is 3. The summed E-state index contributed by atoms with van der Waals surface area (Å²) in [5.41, 5.74) is 16.9. The normalized spacial score (nSPS) is 21.0. The molecule has 0 radical (unpaired) electrons. The van der Waals surface area contributed by atoms with Gasteiger partial charge in [-0.25, -0.2) is 0 Å². The minimum Gasteiger partial charge on any atom is -0.851 e. The van der Waals surface area contributed by atoms with Crippen LogP contribution in [0.4, 0.5) is 17.1 Å². The molecule has 1 fully saturated rings. The van der Waals surface area contributed by atoms with Gasteiger partial charge in [0.1, 0.15) is 0 Å². The molecule has 0 aromatic heterocycles. The maximum absolute atomic E-state index is 14.4. The van der Waals surface area contributed by atoms with Crippen LogP contribution in [0.3, 0.4) is 0 Å². The van der Waals surface area contributed by atoms with E-state index in [1.54, 1.807) is 0 Å². The van der Waals surface area contributed by atoms with Gasteiger partial charge in [0.2, 0.25) is 0 Å². The lowest BCUT2D eigenvalue weighted by atomic mass is 9.60. The third-order valence-electron chi connectivity index (χ3n) is 8.58. The zero-order valence-corrected chi connectivity index (χ0v) is 21.9. The van der Waals surface area contributed by atoms with Gasteiger partial charge >= 0.3 is 0 Å². The SMILES string of the molecule is CN(C)c1c2ccccc2c(C2C([O-])C(c3c4ccccc4cc4cccc(N)c34)C2[O-])c2c(N)cccc12. The molecule has 0 heterocycles. The summed E-state index contributed by atoms with van der Waals surface area (Å²) in [4.78, 5) is 2.08. The molecular weight excluding hydrogens is 482 g/mol.